The monoisotopic (exact) mass is 388 g/mol. The number of amides is 1. The highest BCUT2D eigenvalue weighted by Crippen LogP contribution is 2.31. The van der Waals surface area contributed by atoms with E-state index in [-0.39, 0.29) is 19.1 Å². The summed E-state index contributed by atoms with van der Waals surface area (Å²) in [6.07, 6.45) is 0. The average molecular weight is 388 g/mol. The van der Waals surface area contributed by atoms with Crippen LogP contribution in [0.25, 0.3) is 11.1 Å². The van der Waals surface area contributed by atoms with Crippen molar-refractivity contribution in [1.29, 1.82) is 0 Å². The lowest BCUT2D eigenvalue weighted by atomic mass is 10.0. The minimum absolute atomic E-state index is 0.0156. The van der Waals surface area contributed by atoms with Crippen LogP contribution in [0.4, 0.5) is 14.5 Å². The number of anilines is 1. The van der Waals surface area contributed by atoms with Crippen LogP contribution in [-0.4, -0.2) is 56.8 Å². The summed E-state index contributed by atoms with van der Waals surface area (Å²) in [5, 5.41) is 0. The lowest BCUT2D eigenvalue weighted by Crippen LogP contribution is -2.43. The van der Waals surface area contributed by atoms with E-state index < -0.39 is 11.6 Å². The standard InChI is InChI=1S/C21H22F2N2O3/c22-18-10-16(11-19(23)12-18)15-1-2-20-17(9-15)13-28-14-21(26)25(20)4-3-24-5-7-27-8-6-24/h1-2,9-12H,3-8,13-14H2. The van der Waals surface area contributed by atoms with Gasteiger partial charge in [-0.3, -0.25) is 9.69 Å². The number of hydrogen-bond acceptors (Lipinski definition) is 4. The molecule has 28 heavy (non-hydrogen) atoms. The second kappa shape index (κ2) is 8.34. The molecule has 4 rings (SSSR count). The molecular formula is C21H22F2N2O3. The number of rotatable bonds is 4. The molecule has 2 aliphatic heterocycles. The van der Waals surface area contributed by atoms with Gasteiger partial charge in [0.25, 0.3) is 5.91 Å². The third kappa shape index (κ3) is 4.22. The first kappa shape index (κ1) is 19.0. The minimum Gasteiger partial charge on any atom is -0.379 e. The fourth-order valence-electron chi connectivity index (χ4n) is 3.64. The maximum atomic E-state index is 13.6. The van der Waals surface area contributed by atoms with Crippen molar-refractivity contribution in [1.82, 2.24) is 4.90 Å². The summed E-state index contributed by atoms with van der Waals surface area (Å²) in [4.78, 5) is 16.6. The number of nitrogens with zero attached hydrogens (tertiary/aromatic N) is 2. The van der Waals surface area contributed by atoms with Crippen molar-refractivity contribution in [3.05, 3.63) is 53.6 Å². The first-order valence-electron chi connectivity index (χ1n) is 9.38. The highest BCUT2D eigenvalue weighted by atomic mass is 19.1. The Morgan fingerprint density at radius 1 is 0.857 bits per heavy atom. The number of carbonyl (C=O) groups is 1. The Kier molecular flexibility index (Phi) is 5.66. The Morgan fingerprint density at radius 2 is 1.61 bits per heavy atom. The predicted molar refractivity (Wildman–Crippen MR) is 101 cm³/mol. The van der Waals surface area contributed by atoms with E-state index in [2.05, 4.69) is 4.90 Å². The van der Waals surface area contributed by atoms with E-state index in [1.54, 1.807) is 11.0 Å². The summed E-state index contributed by atoms with van der Waals surface area (Å²) in [6, 6.07) is 8.89. The molecule has 0 aromatic heterocycles. The fraction of sp³-hybridized carbons (Fsp3) is 0.381. The molecule has 1 saturated heterocycles. The summed E-state index contributed by atoms with van der Waals surface area (Å²) >= 11 is 0. The predicted octanol–water partition coefficient (Wildman–Crippen LogP) is 2.83. The van der Waals surface area contributed by atoms with Crippen molar-refractivity contribution in [2.75, 3.05) is 50.9 Å². The molecule has 0 bridgehead atoms. The molecule has 0 unspecified atom stereocenters. The van der Waals surface area contributed by atoms with Crippen LogP contribution < -0.4 is 4.90 Å². The molecule has 5 nitrogen and oxygen atoms in total. The number of hydrogen-bond donors (Lipinski definition) is 0. The second-order valence-corrected chi connectivity index (χ2v) is 6.99. The molecule has 1 fully saturated rings. The molecule has 2 aromatic carbocycles. The molecule has 0 saturated carbocycles. The van der Waals surface area contributed by atoms with Crippen molar-refractivity contribution in [3.63, 3.8) is 0 Å². The number of halogens is 2. The van der Waals surface area contributed by atoms with E-state index in [1.165, 1.54) is 12.1 Å². The quantitative estimate of drug-likeness (QED) is 0.808. The third-order valence-corrected chi connectivity index (χ3v) is 5.09. The molecule has 2 aromatic rings. The summed E-state index contributed by atoms with van der Waals surface area (Å²) in [5.41, 5.74) is 2.75. The average Bonchev–Trinajstić information content (AvgIpc) is 2.84. The number of fused-ring (bicyclic) bond motifs is 1. The summed E-state index contributed by atoms with van der Waals surface area (Å²) < 4.78 is 38.0. The number of carbonyl (C=O) groups excluding carboxylic acids is 1. The molecule has 0 spiro atoms. The number of ether oxygens (including phenoxy) is 2. The highest BCUT2D eigenvalue weighted by Gasteiger charge is 2.24. The van der Waals surface area contributed by atoms with Crippen molar-refractivity contribution < 1.29 is 23.0 Å². The molecule has 2 heterocycles. The van der Waals surface area contributed by atoms with Gasteiger partial charge in [0, 0.05) is 43.5 Å². The summed E-state index contributed by atoms with van der Waals surface area (Å²) in [6.45, 7) is 4.74. The summed E-state index contributed by atoms with van der Waals surface area (Å²) in [7, 11) is 0. The molecule has 0 atom stereocenters. The van der Waals surface area contributed by atoms with Crippen LogP contribution in [0.2, 0.25) is 0 Å². The lowest BCUT2D eigenvalue weighted by Gasteiger charge is -2.30. The molecule has 0 N–H and O–H groups in total. The van der Waals surface area contributed by atoms with Gasteiger partial charge in [0.05, 0.1) is 19.8 Å². The highest BCUT2D eigenvalue weighted by molar-refractivity contribution is 5.96. The zero-order chi connectivity index (χ0) is 19.5. The maximum absolute atomic E-state index is 13.6. The van der Waals surface area contributed by atoms with Gasteiger partial charge in [-0.15, -0.1) is 0 Å². The van der Waals surface area contributed by atoms with Gasteiger partial charge in [-0.25, -0.2) is 8.78 Å². The van der Waals surface area contributed by atoms with Crippen LogP contribution in [0.1, 0.15) is 5.56 Å². The maximum Gasteiger partial charge on any atom is 0.253 e. The first-order chi connectivity index (χ1) is 13.6. The first-order valence-corrected chi connectivity index (χ1v) is 9.38. The molecule has 7 heteroatoms. The lowest BCUT2D eigenvalue weighted by molar-refractivity contribution is -0.123. The molecule has 1 amide bonds. The van der Waals surface area contributed by atoms with Gasteiger partial charge in [-0.1, -0.05) is 6.07 Å². The van der Waals surface area contributed by atoms with Crippen LogP contribution in [0.3, 0.4) is 0 Å². The van der Waals surface area contributed by atoms with E-state index in [0.717, 1.165) is 37.0 Å². The van der Waals surface area contributed by atoms with Crippen LogP contribution >= 0.6 is 0 Å². The smallest absolute Gasteiger partial charge is 0.253 e. The summed E-state index contributed by atoms with van der Waals surface area (Å²) in [5.74, 6) is -1.33. The van der Waals surface area contributed by atoms with Crippen molar-refractivity contribution in [2.24, 2.45) is 0 Å². The number of benzene rings is 2. The Morgan fingerprint density at radius 3 is 2.36 bits per heavy atom. The van der Waals surface area contributed by atoms with E-state index >= 15 is 0 Å². The van der Waals surface area contributed by atoms with E-state index in [0.29, 0.717) is 30.9 Å². The Hall–Kier alpha value is -2.35. The Balaban J connectivity index is 1.59. The van der Waals surface area contributed by atoms with E-state index in [1.807, 2.05) is 12.1 Å². The number of morpholine rings is 1. The molecule has 0 radical (unpaired) electrons. The van der Waals surface area contributed by atoms with Gasteiger partial charge in [-0.05, 0) is 35.4 Å². The second-order valence-electron chi connectivity index (χ2n) is 6.99. The topological polar surface area (TPSA) is 42.0 Å². The van der Waals surface area contributed by atoms with Gasteiger partial charge < -0.3 is 14.4 Å². The van der Waals surface area contributed by atoms with Gasteiger partial charge in [0.2, 0.25) is 0 Å². The normalized spacial score (nSPS) is 18.1. The van der Waals surface area contributed by atoms with Gasteiger partial charge in [0.15, 0.2) is 0 Å². The molecule has 148 valence electrons. The Bertz CT molecular complexity index is 848. The van der Waals surface area contributed by atoms with Crippen molar-refractivity contribution in [3.8, 4) is 11.1 Å². The molecular weight excluding hydrogens is 366 g/mol. The van der Waals surface area contributed by atoms with E-state index in [4.69, 9.17) is 9.47 Å². The zero-order valence-electron chi connectivity index (χ0n) is 15.5. The van der Waals surface area contributed by atoms with Crippen LogP contribution in [-0.2, 0) is 20.9 Å². The van der Waals surface area contributed by atoms with Gasteiger partial charge >= 0.3 is 0 Å². The van der Waals surface area contributed by atoms with Crippen molar-refractivity contribution >= 4 is 11.6 Å². The van der Waals surface area contributed by atoms with Gasteiger partial charge in [0.1, 0.15) is 18.2 Å². The van der Waals surface area contributed by atoms with Crippen LogP contribution in [0.15, 0.2) is 36.4 Å². The van der Waals surface area contributed by atoms with Crippen LogP contribution in [0, 0.1) is 11.6 Å². The SMILES string of the molecule is O=C1COCc2cc(-c3cc(F)cc(F)c3)ccc2N1CCN1CCOCC1. The zero-order valence-corrected chi connectivity index (χ0v) is 15.5. The molecule has 2 aliphatic rings. The minimum atomic E-state index is -0.622. The Labute approximate surface area is 162 Å². The third-order valence-electron chi connectivity index (χ3n) is 5.09. The molecule has 0 aliphatic carbocycles. The van der Waals surface area contributed by atoms with Gasteiger partial charge in [-0.2, -0.15) is 0 Å². The largest absolute Gasteiger partial charge is 0.379 e. The van der Waals surface area contributed by atoms with Crippen LogP contribution in [0.5, 0.6) is 0 Å². The van der Waals surface area contributed by atoms with Crippen molar-refractivity contribution in [2.45, 2.75) is 6.61 Å². The van der Waals surface area contributed by atoms with E-state index in [9.17, 15) is 13.6 Å². The fourth-order valence-corrected chi connectivity index (χ4v) is 3.64.